The summed E-state index contributed by atoms with van der Waals surface area (Å²) in [5.41, 5.74) is 1.11. The maximum Gasteiger partial charge on any atom is 0.387 e. The van der Waals surface area contributed by atoms with Crippen molar-refractivity contribution in [2.45, 2.75) is 6.61 Å². The highest BCUT2D eigenvalue weighted by molar-refractivity contribution is 6.07. The van der Waals surface area contributed by atoms with E-state index in [1.807, 2.05) is 12.1 Å². The monoisotopic (exact) mass is 360 g/mol. The molecule has 0 bridgehead atoms. The summed E-state index contributed by atoms with van der Waals surface area (Å²) >= 11 is 0. The molecule has 136 valence electrons. The number of carbonyl (C=O) groups is 1. The van der Waals surface area contributed by atoms with Crippen molar-refractivity contribution in [1.82, 2.24) is 0 Å². The molecule has 0 unspecified atom stereocenters. The van der Waals surface area contributed by atoms with E-state index in [0.29, 0.717) is 17.9 Å². The molecule has 0 atom stereocenters. The van der Waals surface area contributed by atoms with E-state index in [9.17, 15) is 13.6 Å². The molecule has 0 fully saturated rings. The SMILES string of the molecule is C=CCOc1ccc(/C=C/C(=O)c2ccc(OC(F)F)c(OC)c2)cc1. The summed E-state index contributed by atoms with van der Waals surface area (Å²) in [5, 5.41) is 0. The molecule has 6 heteroatoms. The lowest BCUT2D eigenvalue weighted by atomic mass is 10.1. The summed E-state index contributed by atoms with van der Waals surface area (Å²) in [7, 11) is 1.31. The van der Waals surface area contributed by atoms with E-state index in [2.05, 4.69) is 11.3 Å². The van der Waals surface area contributed by atoms with E-state index in [-0.39, 0.29) is 17.3 Å². The lowest BCUT2D eigenvalue weighted by Crippen LogP contribution is -2.04. The van der Waals surface area contributed by atoms with Gasteiger partial charge in [-0.25, -0.2) is 0 Å². The zero-order chi connectivity index (χ0) is 18.9. The van der Waals surface area contributed by atoms with Crippen LogP contribution in [0.25, 0.3) is 6.08 Å². The van der Waals surface area contributed by atoms with Gasteiger partial charge < -0.3 is 14.2 Å². The largest absolute Gasteiger partial charge is 0.493 e. The predicted molar refractivity (Wildman–Crippen MR) is 95.1 cm³/mol. The average molecular weight is 360 g/mol. The van der Waals surface area contributed by atoms with Gasteiger partial charge in [-0.2, -0.15) is 8.78 Å². The number of benzene rings is 2. The molecule has 2 rings (SSSR count). The van der Waals surface area contributed by atoms with E-state index >= 15 is 0 Å². The molecular weight excluding hydrogens is 342 g/mol. The van der Waals surface area contributed by atoms with Crippen molar-refractivity contribution in [3.8, 4) is 17.2 Å². The van der Waals surface area contributed by atoms with Gasteiger partial charge in [0.2, 0.25) is 0 Å². The second-order valence-corrected chi connectivity index (χ2v) is 5.11. The number of allylic oxidation sites excluding steroid dienone is 1. The van der Waals surface area contributed by atoms with Gasteiger partial charge in [0, 0.05) is 5.56 Å². The highest BCUT2D eigenvalue weighted by Gasteiger charge is 2.13. The molecule has 0 saturated heterocycles. The third kappa shape index (κ3) is 5.44. The van der Waals surface area contributed by atoms with Crippen LogP contribution in [0.1, 0.15) is 15.9 Å². The minimum absolute atomic E-state index is 0.0632. The maximum atomic E-state index is 12.3. The fraction of sp³-hybridized carbons (Fsp3) is 0.150. The van der Waals surface area contributed by atoms with Crippen LogP contribution >= 0.6 is 0 Å². The Morgan fingerprint density at radius 1 is 1.15 bits per heavy atom. The highest BCUT2D eigenvalue weighted by Crippen LogP contribution is 2.29. The third-order valence-electron chi connectivity index (χ3n) is 3.34. The molecule has 0 aliphatic heterocycles. The fourth-order valence-corrected chi connectivity index (χ4v) is 2.11. The molecule has 0 saturated carbocycles. The number of hydrogen-bond acceptors (Lipinski definition) is 4. The van der Waals surface area contributed by atoms with Crippen molar-refractivity contribution in [3.63, 3.8) is 0 Å². The van der Waals surface area contributed by atoms with Crippen molar-refractivity contribution in [2.24, 2.45) is 0 Å². The number of halogens is 2. The van der Waals surface area contributed by atoms with Crippen molar-refractivity contribution in [3.05, 3.63) is 72.3 Å². The van der Waals surface area contributed by atoms with Crippen molar-refractivity contribution < 1.29 is 27.8 Å². The van der Waals surface area contributed by atoms with Gasteiger partial charge in [-0.05, 0) is 42.0 Å². The number of rotatable bonds is 9. The lowest BCUT2D eigenvalue weighted by Gasteiger charge is -2.10. The third-order valence-corrected chi connectivity index (χ3v) is 3.34. The van der Waals surface area contributed by atoms with E-state index in [0.717, 1.165) is 5.56 Å². The van der Waals surface area contributed by atoms with Crippen LogP contribution < -0.4 is 14.2 Å². The Labute approximate surface area is 150 Å². The molecule has 2 aromatic carbocycles. The second-order valence-electron chi connectivity index (χ2n) is 5.11. The van der Waals surface area contributed by atoms with E-state index in [1.165, 1.54) is 31.4 Å². The molecule has 26 heavy (non-hydrogen) atoms. The van der Waals surface area contributed by atoms with Crippen LogP contribution in [0.4, 0.5) is 8.78 Å². The Morgan fingerprint density at radius 3 is 2.50 bits per heavy atom. The summed E-state index contributed by atoms with van der Waals surface area (Å²) in [6.07, 6.45) is 4.69. The van der Waals surface area contributed by atoms with Gasteiger partial charge in [-0.3, -0.25) is 4.79 Å². The smallest absolute Gasteiger partial charge is 0.387 e. The zero-order valence-corrected chi connectivity index (χ0v) is 14.2. The molecule has 2 aromatic rings. The van der Waals surface area contributed by atoms with Crippen LogP contribution in [-0.4, -0.2) is 26.1 Å². The van der Waals surface area contributed by atoms with Gasteiger partial charge in [0.15, 0.2) is 17.3 Å². The molecule has 0 aromatic heterocycles. The Morgan fingerprint density at radius 2 is 1.88 bits per heavy atom. The minimum atomic E-state index is -2.97. The summed E-state index contributed by atoms with van der Waals surface area (Å²) in [6.45, 7) is 1.02. The topological polar surface area (TPSA) is 44.8 Å². The Balaban J connectivity index is 2.08. The van der Waals surface area contributed by atoms with Gasteiger partial charge in [-0.1, -0.05) is 30.9 Å². The number of alkyl halides is 2. The molecular formula is C20H18F2O4. The first kappa shape index (κ1) is 19.2. The van der Waals surface area contributed by atoms with E-state index < -0.39 is 6.61 Å². The van der Waals surface area contributed by atoms with Crippen molar-refractivity contribution in [2.75, 3.05) is 13.7 Å². The van der Waals surface area contributed by atoms with Gasteiger partial charge in [0.25, 0.3) is 0 Å². The molecule has 0 amide bonds. The predicted octanol–water partition coefficient (Wildman–Crippen LogP) is 4.76. The summed E-state index contributed by atoms with van der Waals surface area (Å²) in [4.78, 5) is 12.3. The zero-order valence-electron chi connectivity index (χ0n) is 14.2. The van der Waals surface area contributed by atoms with Crippen LogP contribution in [-0.2, 0) is 0 Å². The highest BCUT2D eigenvalue weighted by atomic mass is 19.3. The van der Waals surface area contributed by atoms with Crippen LogP contribution in [0.2, 0.25) is 0 Å². The van der Waals surface area contributed by atoms with Gasteiger partial charge in [-0.15, -0.1) is 0 Å². The molecule has 0 N–H and O–H groups in total. The minimum Gasteiger partial charge on any atom is -0.493 e. The lowest BCUT2D eigenvalue weighted by molar-refractivity contribution is -0.0512. The second kappa shape index (κ2) is 9.36. The van der Waals surface area contributed by atoms with E-state index in [1.54, 1.807) is 24.3 Å². The number of ether oxygens (including phenoxy) is 3. The number of ketones is 1. The molecule has 0 spiro atoms. The standard InChI is InChI=1S/C20H18F2O4/c1-3-12-25-16-8-4-14(5-9-16)6-10-17(23)15-7-11-18(26-20(21)22)19(13-15)24-2/h3-11,13,20H,1,12H2,2H3/b10-6+. The first-order valence-corrected chi connectivity index (χ1v) is 7.72. The fourth-order valence-electron chi connectivity index (χ4n) is 2.11. The van der Waals surface area contributed by atoms with Crippen molar-refractivity contribution in [1.29, 1.82) is 0 Å². The summed E-state index contributed by atoms with van der Waals surface area (Å²) in [6, 6.07) is 11.2. The molecule has 0 heterocycles. The quantitative estimate of drug-likeness (QED) is 0.367. The Bertz CT molecular complexity index is 783. The maximum absolute atomic E-state index is 12.3. The Hall–Kier alpha value is -3.15. The molecule has 0 radical (unpaired) electrons. The average Bonchev–Trinajstić information content (AvgIpc) is 2.65. The normalized spacial score (nSPS) is 10.8. The summed E-state index contributed by atoms with van der Waals surface area (Å²) < 4.78 is 39.4. The van der Waals surface area contributed by atoms with Crippen LogP contribution in [0.5, 0.6) is 17.2 Å². The summed E-state index contributed by atoms with van der Waals surface area (Å²) in [5.74, 6) is 0.345. The van der Waals surface area contributed by atoms with E-state index in [4.69, 9.17) is 9.47 Å². The molecule has 4 nitrogen and oxygen atoms in total. The molecule has 0 aliphatic carbocycles. The van der Waals surface area contributed by atoms with Crippen molar-refractivity contribution >= 4 is 11.9 Å². The van der Waals surface area contributed by atoms with Gasteiger partial charge in [0.1, 0.15) is 12.4 Å². The van der Waals surface area contributed by atoms with Gasteiger partial charge >= 0.3 is 6.61 Å². The Kier molecular flexibility index (Phi) is 6.91. The number of carbonyl (C=O) groups excluding carboxylic acids is 1. The van der Waals surface area contributed by atoms with Crippen LogP contribution in [0.3, 0.4) is 0 Å². The molecule has 0 aliphatic rings. The van der Waals surface area contributed by atoms with Crippen LogP contribution in [0, 0.1) is 0 Å². The van der Waals surface area contributed by atoms with Crippen LogP contribution in [0.15, 0.2) is 61.2 Å². The number of hydrogen-bond donors (Lipinski definition) is 0. The first-order chi connectivity index (χ1) is 12.5. The first-order valence-electron chi connectivity index (χ1n) is 7.72. The van der Waals surface area contributed by atoms with Gasteiger partial charge in [0.05, 0.1) is 7.11 Å². The number of methoxy groups -OCH3 is 1.